The monoisotopic (exact) mass is 560 g/mol. The van der Waals surface area contributed by atoms with Gasteiger partial charge in [0.25, 0.3) is 5.56 Å². The number of hydrogen-bond donors (Lipinski definition) is 3. The first-order valence-corrected chi connectivity index (χ1v) is 13.1. The van der Waals surface area contributed by atoms with E-state index in [0.717, 1.165) is 22.5 Å². The van der Waals surface area contributed by atoms with Gasteiger partial charge in [-0.2, -0.15) is 9.78 Å². The molecule has 1 heterocycles. The van der Waals surface area contributed by atoms with Crippen molar-refractivity contribution in [3.8, 4) is 22.9 Å². The van der Waals surface area contributed by atoms with Crippen LogP contribution in [0.5, 0.6) is 17.2 Å². The zero-order valence-electron chi connectivity index (χ0n) is 18.8. The van der Waals surface area contributed by atoms with E-state index in [0.29, 0.717) is 6.42 Å². The van der Waals surface area contributed by atoms with Crippen molar-refractivity contribution in [3.63, 3.8) is 0 Å². The number of aromatic amines is 1. The van der Waals surface area contributed by atoms with Crippen LogP contribution in [0.1, 0.15) is 17.9 Å². The van der Waals surface area contributed by atoms with Crippen LogP contribution >= 0.6 is 23.2 Å². The molecule has 0 saturated heterocycles. The minimum atomic E-state index is -4.08. The molecule has 3 N–H and O–H groups in total. The Morgan fingerprint density at radius 1 is 1.05 bits per heavy atom. The van der Waals surface area contributed by atoms with Crippen LogP contribution in [-0.2, 0) is 10.0 Å². The first kappa shape index (κ1) is 25.0. The van der Waals surface area contributed by atoms with Gasteiger partial charge in [0.2, 0.25) is 10.0 Å². The molecule has 1 aliphatic rings. The van der Waals surface area contributed by atoms with E-state index in [4.69, 9.17) is 27.9 Å². The summed E-state index contributed by atoms with van der Waals surface area (Å²) in [7, 11) is -4.08. The molecule has 0 radical (unpaired) electrons. The highest BCUT2D eigenvalue weighted by Crippen LogP contribution is 2.43. The molecule has 2 unspecified atom stereocenters. The van der Waals surface area contributed by atoms with Gasteiger partial charge in [-0.15, -0.1) is 0 Å². The number of hydrogen-bond acceptors (Lipinski definition) is 7. The fourth-order valence-electron chi connectivity index (χ4n) is 3.85. The smallest absolute Gasteiger partial charge is 0.349 e. The summed E-state index contributed by atoms with van der Waals surface area (Å²) in [6, 6.07) is 15.6. The van der Waals surface area contributed by atoms with Crippen LogP contribution in [0.3, 0.4) is 0 Å². The molecule has 10 nitrogen and oxygen atoms in total. The Morgan fingerprint density at radius 3 is 2.43 bits per heavy atom. The maximum absolute atomic E-state index is 13.0. The fourth-order valence-corrected chi connectivity index (χ4v) is 5.80. The molecule has 0 spiro atoms. The number of phenolic OH excluding ortho intramolecular Hbond substituents is 1. The quantitative estimate of drug-likeness (QED) is 0.313. The molecule has 1 saturated carbocycles. The van der Waals surface area contributed by atoms with Gasteiger partial charge in [-0.3, -0.25) is 9.78 Å². The van der Waals surface area contributed by atoms with Crippen molar-refractivity contribution in [2.24, 2.45) is 0 Å². The number of benzene rings is 3. The van der Waals surface area contributed by atoms with Crippen LogP contribution in [0.4, 0.5) is 0 Å². The molecule has 37 heavy (non-hydrogen) atoms. The number of nitrogens with one attached hydrogen (secondary N) is 2. The molecule has 3 aromatic carbocycles. The maximum Gasteiger partial charge on any atom is 0.349 e. The van der Waals surface area contributed by atoms with Crippen molar-refractivity contribution in [3.05, 3.63) is 103 Å². The molecular formula is C24H18Cl2N4O6S. The number of aromatic nitrogens is 3. The Balaban J connectivity index is 1.39. The van der Waals surface area contributed by atoms with Gasteiger partial charge in [-0.1, -0.05) is 53.5 Å². The second-order valence-corrected chi connectivity index (χ2v) is 10.8. The normalized spacial score (nSPS) is 16.9. The molecule has 0 amide bonds. The van der Waals surface area contributed by atoms with Gasteiger partial charge in [-0.05, 0) is 36.2 Å². The Kier molecular flexibility index (Phi) is 6.54. The van der Waals surface area contributed by atoms with Gasteiger partial charge < -0.3 is 9.84 Å². The van der Waals surface area contributed by atoms with E-state index in [1.165, 1.54) is 24.3 Å². The standard InChI is InChI=1S/C24H18Cl2N4O6S/c25-17-8-14(30-24(33)28-22(32)12-27-30)9-18(26)23(17)36-15-6-7-20(31)21(10-15)37(34,35)29-19-11-16(19)13-4-2-1-3-5-13/h1-10,12,16,19,29,31H,11H2,(H,28,32,33). The number of rotatable bonds is 7. The second-order valence-electron chi connectivity index (χ2n) is 8.30. The van der Waals surface area contributed by atoms with Crippen LogP contribution in [0.15, 0.2) is 81.3 Å². The van der Waals surface area contributed by atoms with E-state index in [1.54, 1.807) is 0 Å². The van der Waals surface area contributed by atoms with Gasteiger partial charge in [0.05, 0.1) is 15.7 Å². The molecule has 2 atom stereocenters. The number of halogens is 2. The molecule has 4 aromatic rings. The van der Waals surface area contributed by atoms with Crippen molar-refractivity contribution in [2.75, 3.05) is 0 Å². The topological polar surface area (TPSA) is 143 Å². The van der Waals surface area contributed by atoms with Crippen molar-refractivity contribution < 1.29 is 18.3 Å². The van der Waals surface area contributed by atoms with Crippen LogP contribution in [-0.4, -0.2) is 34.3 Å². The molecule has 190 valence electrons. The second kappa shape index (κ2) is 9.67. The molecule has 13 heteroatoms. The molecule has 1 aliphatic carbocycles. The molecule has 0 bridgehead atoms. The summed E-state index contributed by atoms with van der Waals surface area (Å²) in [6.07, 6.45) is 1.56. The van der Waals surface area contributed by atoms with Gasteiger partial charge >= 0.3 is 5.69 Å². The van der Waals surface area contributed by atoms with Gasteiger partial charge in [0, 0.05) is 18.0 Å². The Labute approximate surface area is 220 Å². The summed E-state index contributed by atoms with van der Waals surface area (Å²) in [4.78, 5) is 25.0. The number of phenols is 1. The van der Waals surface area contributed by atoms with E-state index in [2.05, 4.69) is 14.8 Å². The summed E-state index contributed by atoms with van der Waals surface area (Å²) in [5.41, 5.74) is -0.259. The van der Waals surface area contributed by atoms with E-state index < -0.39 is 27.0 Å². The zero-order valence-corrected chi connectivity index (χ0v) is 21.1. The average Bonchev–Trinajstić information content (AvgIpc) is 3.61. The van der Waals surface area contributed by atoms with Crippen LogP contribution in [0.25, 0.3) is 5.69 Å². The average molecular weight is 561 g/mol. The molecular weight excluding hydrogens is 543 g/mol. The van der Waals surface area contributed by atoms with Gasteiger partial charge in [-0.25, -0.2) is 17.9 Å². The summed E-state index contributed by atoms with van der Waals surface area (Å²) in [5.74, 6) is -0.367. The third-order valence-electron chi connectivity index (χ3n) is 5.71. The largest absolute Gasteiger partial charge is 0.507 e. The summed E-state index contributed by atoms with van der Waals surface area (Å²) < 4.78 is 35.3. The number of nitrogens with zero attached hydrogens (tertiary/aromatic N) is 2. The number of sulfonamides is 1. The SMILES string of the molecule is O=c1cnn(-c2cc(Cl)c(Oc3ccc(O)c(S(=O)(=O)NC4CC4c4ccccc4)c3)c(Cl)c2)c(=O)[nH]1. The van der Waals surface area contributed by atoms with Crippen LogP contribution < -0.4 is 20.7 Å². The highest BCUT2D eigenvalue weighted by atomic mass is 35.5. The summed E-state index contributed by atoms with van der Waals surface area (Å²) in [6.45, 7) is 0. The number of aromatic hydroxyl groups is 1. The van der Waals surface area contributed by atoms with Crippen molar-refractivity contribution in [1.82, 2.24) is 19.5 Å². The molecule has 1 aromatic heterocycles. The minimum Gasteiger partial charge on any atom is -0.507 e. The Morgan fingerprint density at radius 2 is 1.76 bits per heavy atom. The van der Waals surface area contributed by atoms with Gasteiger partial charge in [0.15, 0.2) is 5.75 Å². The minimum absolute atomic E-state index is 0.0123. The third-order valence-corrected chi connectivity index (χ3v) is 7.79. The molecule has 1 fully saturated rings. The predicted molar refractivity (Wildman–Crippen MR) is 137 cm³/mol. The Hall–Kier alpha value is -3.64. The van der Waals surface area contributed by atoms with Crippen molar-refractivity contribution in [1.29, 1.82) is 0 Å². The van der Waals surface area contributed by atoms with E-state index >= 15 is 0 Å². The predicted octanol–water partition coefficient (Wildman–Crippen LogP) is 3.56. The summed E-state index contributed by atoms with van der Waals surface area (Å²) in [5, 5.41) is 14.0. The maximum atomic E-state index is 13.0. The van der Waals surface area contributed by atoms with Gasteiger partial charge in [0.1, 0.15) is 22.6 Å². The lowest BCUT2D eigenvalue weighted by molar-refractivity contribution is 0.448. The molecule has 5 rings (SSSR count). The first-order valence-electron chi connectivity index (χ1n) is 10.9. The lowest BCUT2D eigenvalue weighted by atomic mass is 10.1. The highest BCUT2D eigenvalue weighted by molar-refractivity contribution is 7.89. The third kappa shape index (κ3) is 5.25. The van der Waals surface area contributed by atoms with E-state index in [-0.39, 0.29) is 44.1 Å². The Bertz CT molecular complexity index is 1700. The first-order chi connectivity index (χ1) is 17.6. The number of ether oxygens (including phenoxy) is 1. The summed E-state index contributed by atoms with van der Waals surface area (Å²) >= 11 is 12.7. The van der Waals surface area contributed by atoms with Crippen molar-refractivity contribution in [2.45, 2.75) is 23.3 Å². The highest BCUT2D eigenvalue weighted by Gasteiger charge is 2.41. The zero-order chi connectivity index (χ0) is 26.3. The van der Waals surface area contributed by atoms with Crippen LogP contribution in [0.2, 0.25) is 10.0 Å². The lowest BCUT2D eigenvalue weighted by Crippen LogP contribution is -2.30. The van der Waals surface area contributed by atoms with Crippen LogP contribution in [0, 0.1) is 0 Å². The lowest BCUT2D eigenvalue weighted by Gasteiger charge is -2.14. The van der Waals surface area contributed by atoms with E-state index in [1.807, 2.05) is 30.3 Å². The van der Waals surface area contributed by atoms with Crippen molar-refractivity contribution >= 4 is 33.2 Å². The number of H-pyrrole nitrogens is 1. The van der Waals surface area contributed by atoms with E-state index in [9.17, 15) is 23.1 Å². The fraction of sp³-hybridized carbons (Fsp3) is 0.125. The molecule has 0 aliphatic heterocycles.